The molecule has 2 aliphatic carbocycles. The molecule has 0 radical (unpaired) electrons. The zero-order valence-corrected chi connectivity index (χ0v) is 25.5. The van der Waals surface area contributed by atoms with Gasteiger partial charge in [0.1, 0.15) is 11.5 Å². The van der Waals surface area contributed by atoms with Gasteiger partial charge in [0.15, 0.2) is 10.8 Å². The van der Waals surface area contributed by atoms with Crippen LogP contribution in [0.5, 0.6) is 0 Å². The first kappa shape index (κ1) is 30.8. The molecule has 4 aromatic rings. The smallest absolute Gasteiger partial charge is 0.291 e. The van der Waals surface area contributed by atoms with Crippen LogP contribution in [0.4, 0.5) is 17.6 Å². The van der Waals surface area contributed by atoms with E-state index in [9.17, 15) is 30.8 Å². The molecule has 1 saturated carbocycles. The lowest BCUT2D eigenvalue weighted by Crippen LogP contribution is -2.49. The van der Waals surface area contributed by atoms with Gasteiger partial charge in [-0.1, -0.05) is 5.57 Å². The van der Waals surface area contributed by atoms with Crippen molar-refractivity contribution in [1.29, 1.82) is 0 Å². The van der Waals surface area contributed by atoms with Gasteiger partial charge < -0.3 is 0 Å². The van der Waals surface area contributed by atoms with Crippen molar-refractivity contribution in [3.05, 3.63) is 95.0 Å². The fraction of sp³-hybridized carbons (Fsp3) is 0.355. The monoisotopic (exact) mass is 642 g/mol. The predicted molar refractivity (Wildman–Crippen MR) is 156 cm³/mol. The standard InChI is InChI=1S/C31H30F4N6O3S/c1-19(2)40-13-11-28(38-40)45(43,44)39(3)25-7-4-21-15-27-20(18-37-41(27)24-8-5-23(32)6-9-24)16-30(21,17-25)29(42)26-14-22(10-12-36-26)31(33,34)35/h5-6,8-15,18-19,25H,4,7,16-17H2,1-3H3/t25-,30-/m0/s1. The normalized spacial score (nSPS) is 20.2. The largest absolute Gasteiger partial charge is 0.416 e. The minimum absolute atomic E-state index is 0.0113. The van der Waals surface area contributed by atoms with Gasteiger partial charge in [0.25, 0.3) is 10.0 Å². The Bertz CT molecular complexity index is 1910. The number of fused-ring (bicyclic) bond motifs is 2. The summed E-state index contributed by atoms with van der Waals surface area (Å²) >= 11 is 0. The number of ketones is 1. The summed E-state index contributed by atoms with van der Waals surface area (Å²) in [6, 6.07) is 7.98. The molecular formula is C31H30F4N6O3S. The average molecular weight is 643 g/mol. The molecule has 9 nitrogen and oxygen atoms in total. The maximum Gasteiger partial charge on any atom is 0.416 e. The summed E-state index contributed by atoms with van der Waals surface area (Å²) in [6.45, 7) is 3.74. The molecule has 0 bridgehead atoms. The third kappa shape index (κ3) is 5.39. The number of hydrogen-bond donors (Lipinski definition) is 0. The van der Waals surface area contributed by atoms with Crippen LogP contribution in [0, 0.1) is 11.2 Å². The van der Waals surface area contributed by atoms with Gasteiger partial charge in [-0.3, -0.25) is 14.5 Å². The molecule has 45 heavy (non-hydrogen) atoms. The number of pyridine rings is 1. The molecule has 3 aromatic heterocycles. The second-order valence-corrected chi connectivity index (χ2v) is 13.7. The van der Waals surface area contributed by atoms with Crippen molar-refractivity contribution >= 4 is 21.9 Å². The first-order chi connectivity index (χ1) is 21.2. The topological polar surface area (TPSA) is 103 Å². The fourth-order valence-electron chi connectivity index (χ4n) is 6.25. The Labute approximate surface area is 257 Å². The Morgan fingerprint density at radius 3 is 2.53 bits per heavy atom. The molecule has 0 saturated heterocycles. The van der Waals surface area contributed by atoms with Crippen LogP contribution in [0.1, 0.15) is 66.5 Å². The van der Waals surface area contributed by atoms with Crippen LogP contribution >= 0.6 is 0 Å². The highest BCUT2D eigenvalue weighted by Crippen LogP contribution is 2.51. The average Bonchev–Trinajstić information content (AvgIpc) is 3.67. The molecule has 0 unspecified atom stereocenters. The highest BCUT2D eigenvalue weighted by atomic mass is 32.2. The molecule has 2 aliphatic rings. The summed E-state index contributed by atoms with van der Waals surface area (Å²) < 4.78 is 86.3. The van der Waals surface area contributed by atoms with E-state index in [0.29, 0.717) is 35.4 Å². The zero-order valence-electron chi connectivity index (χ0n) is 24.7. The van der Waals surface area contributed by atoms with Crippen LogP contribution in [0.3, 0.4) is 0 Å². The quantitative estimate of drug-likeness (QED) is 0.184. The molecule has 0 N–H and O–H groups in total. The lowest BCUT2D eigenvalue weighted by Gasteiger charge is -2.45. The van der Waals surface area contributed by atoms with Crippen LogP contribution in [-0.4, -0.2) is 56.1 Å². The zero-order chi connectivity index (χ0) is 32.3. The van der Waals surface area contributed by atoms with Crippen molar-refractivity contribution in [1.82, 2.24) is 28.9 Å². The van der Waals surface area contributed by atoms with Gasteiger partial charge in [-0.2, -0.15) is 27.7 Å². The minimum Gasteiger partial charge on any atom is -0.291 e. The van der Waals surface area contributed by atoms with Crippen LogP contribution in [0.2, 0.25) is 0 Å². The Morgan fingerprint density at radius 1 is 1.13 bits per heavy atom. The second-order valence-electron chi connectivity index (χ2n) is 11.8. The van der Waals surface area contributed by atoms with E-state index in [1.807, 2.05) is 13.8 Å². The molecule has 1 aromatic carbocycles. The highest BCUT2D eigenvalue weighted by molar-refractivity contribution is 7.89. The molecule has 236 valence electrons. The van der Waals surface area contributed by atoms with E-state index in [-0.39, 0.29) is 29.6 Å². The van der Waals surface area contributed by atoms with Crippen molar-refractivity contribution < 1.29 is 30.8 Å². The number of halogens is 4. The summed E-state index contributed by atoms with van der Waals surface area (Å²) in [4.78, 5) is 18.4. The number of alkyl halides is 3. The third-order valence-electron chi connectivity index (χ3n) is 8.73. The van der Waals surface area contributed by atoms with Gasteiger partial charge in [-0.05, 0) is 93.6 Å². The number of sulfonamides is 1. The molecule has 2 atom stereocenters. The van der Waals surface area contributed by atoms with Crippen LogP contribution < -0.4 is 0 Å². The van der Waals surface area contributed by atoms with Crippen molar-refractivity contribution in [2.24, 2.45) is 5.41 Å². The number of aromatic nitrogens is 5. The van der Waals surface area contributed by atoms with E-state index in [1.165, 1.54) is 34.2 Å². The van der Waals surface area contributed by atoms with Crippen LogP contribution in [0.25, 0.3) is 11.8 Å². The van der Waals surface area contributed by atoms with E-state index in [1.54, 1.807) is 35.3 Å². The van der Waals surface area contributed by atoms with Gasteiger partial charge in [0.05, 0.1) is 28.6 Å². The summed E-state index contributed by atoms with van der Waals surface area (Å²) in [5, 5.41) is 8.57. The Balaban J connectivity index is 1.42. The summed E-state index contributed by atoms with van der Waals surface area (Å²) in [6.07, 6.45) is 1.96. The molecular weight excluding hydrogens is 612 g/mol. The highest BCUT2D eigenvalue weighted by Gasteiger charge is 2.51. The molecule has 6 rings (SSSR count). The summed E-state index contributed by atoms with van der Waals surface area (Å²) in [5.41, 5.74) is -0.197. The Hall–Kier alpha value is -4.17. The number of rotatable bonds is 7. The first-order valence-electron chi connectivity index (χ1n) is 14.4. The third-order valence-corrected chi connectivity index (χ3v) is 10.5. The molecule has 14 heteroatoms. The molecule has 0 spiro atoms. The summed E-state index contributed by atoms with van der Waals surface area (Å²) in [7, 11) is -2.63. The van der Waals surface area contributed by atoms with Crippen molar-refractivity contribution in [3.63, 3.8) is 0 Å². The number of nitrogens with zero attached hydrogens (tertiary/aromatic N) is 6. The van der Waals surface area contributed by atoms with E-state index < -0.39 is 44.8 Å². The number of hydrogen-bond acceptors (Lipinski definition) is 6. The number of carbonyl (C=O) groups excluding carboxylic acids is 1. The lowest BCUT2D eigenvalue weighted by molar-refractivity contribution is -0.137. The molecule has 1 fully saturated rings. The number of Topliss-reactive ketones (excluding diaryl/α,β-unsaturated/α-hetero) is 1. The Kier molecular flexibility index (Phi) is 7.55. The maximum atomic E-state index is 14.4. The van der Waals surface area contributed by atoms with E-state index in [0.717, 1.165) is 18.3 Å². The van der Waals surface area contributed by atoms with Gasteiger partial charge in [0, 0.05) is 31.5 Å². The van der Waals surface area contributed by atoms with Gasteiger partial charge in [-0.25, -0.2) is 17.5 Å². The van der Waals surface area contributed by atoms with E-state index >= 15 is 0 Å². The van der Waals surface area contributed by atoms with Crippen molar-refractivity contribution in [3.8, 4) is 5.69 Å². The number of allylic oxidation sites excluding steroid dienone is 1. The van der Waals surface area contributed by atoms with Crippen molar-refractivity contribution in [2.45, 2.75) is 62.8 Å². The first-order valence-corrected chi connectivity index (χ1v) is 15.8. The van der Waals surface area contributed by atoms with Gasteiger partial charge in [-0.15, -0.1) is 0 Å². The van der Waals surface area contributed by atoms with Crippen LogP contribution in [0.15, 0.2) is 71.7 Å². The predicted octanol–water partition coefficient (Wildman–Crippen LogP) is 5.88. The van der Waals surface area contributed by atoms with Gasteiger partial charge >= 0.3 is 6.18 Å². The van der Waals surface area contributed by atoms with E-state index in [4.69, 9.17) is 0 Å². The minimum atomic E-state index is -4.69. The fourth-order valence-corrected chi connectivity index (χ4v) is 7.55. The summed E-state index contributed by atoms with van der Waals surface area (Å²) in [5.74, 6) is -1.04. The maximum absolute atomic E-state index is 14.4. The molecule has 0 aliphatic heterocycles. The lowest BCUT2D eigenvalue weighted by atomic mass is 9.60. The molecule has 0 amide bonds. The van der Waals surface area contributed by atoms with E-state index in [2.05, 4.69) is 15.2 Å². The van der Waals surface area contributed by atoms with Gasteiger partial charge in [0.2, 0.25) is 0 Å². The van der Waals surface area contributed by atoms with Crippen molar-refractivity contribution in [2.75, 3.05) is 7.05 Å². The molecule has 3 heterocycles. The SMILES string of the molecule is CC(C)n1ccc(S(=O)(=O)N(C)[C@H]2CCC3=Cc4c(cnn4-c4ccc(F)cc4)C[C@]3(C(=O)c3cc(C(F)(F)F)ccn3)C2)n1. The second kappa shape index (κ2) is 11.0. The Morgan fingerprint density at radius 2 is 1.87 bits per heavy atom. The number of carbonyl (C=O) groups is 1. The number of benzene rings is 1. The van der Waals surface area contributed by atoms with Crippen LogP contribution in [-0.2, 0) is 22.6 Å².